The molecule has 2 aromatic carbocycles. The van der Waals surface area contributed by atoms with Gasteiger partial charge in [-0.1, -0.05) is 50.7 Å². The zero-order chi connectivity index (χ0) is 18.1. The molecule has 0 saturated carbocycles. The van der Waals surface area contributed by atoms with Crippen molar-refractivity contribution in [1.82, 2.24) is 0 Å². The van der Waals surface area contributed by atoms with Crippen molar-refractivity contribution in [2.24, 2.45) is 0 Å². The van der Waals surface area contributed by atoms with Crippen LogP contribution < -0.4 is 4.31 Å². The Kier molecular flexibility index (Phi) is 6.04. The van der Waals surface area contributed by atoms with E-state index in [4.69, 9.17) is 39.9 Å². The SMILES string of the molecule is O=C(O)CN(c1ccc(Br)cc1Cl)S(=O)(=O)c1cc(Cl)ccc1Cl. The quantitative estimate of drug-likeness (QED) is 0.684. The topological polar surface area (TPSA) is 74.7 Å². The number of benzene rings is 2. The molecule has 0 heterocycles. The fraction of sp³-hybridized carbons (Fsp3) is 0.0714. The molecule has 0 radical (unpaired) electrons. The van der Waals surface area contributed by atoms with Gasteiger partial charge in [0.2, 0.25) is 0 Å². The zero-order valence-corrected chi connectivity index (χ0v) is 16.4. The van der Waals surface area contributed by atoms with E-state index in [1.54, 1.807) is 6.07 Å². The molecule has 128 valence electrons. The molecule has 2 aromatic rings. The Balaban J connectivity index is 2.66. The number of carbonyl (C=O) groups is 1. The fourth-order valence-electron chi connectivity index (χ4n) is 1.90. The first-order valence-electron chi connectivity index (χ1n) is 6.27. The van der Waals surface area contributed by atoms with Gasteiger partial charge in [-0.25, -0.2) is 8.42 Å². The molecule has 0 atom stereocenters. The lowest BCUT2D eigenvalue weighted by Crippen LogP contribution is -2.36. The normalized spacial score (nSPS) is 11.3. The third-order valence-corrected chi connectivity index (χ3v) is 6.19. The van der Waals surface area contributed by atoms with Crippen molar-refractivity contribution in [1.29, 1.82) is 0 Å². The molecule has 0 aliphatic rings. The smallest absolute Gasteiger partial charge is 0.324 e. The van der Waals surface area contributed by atoms with Crippen molar-refractivity contribution in [3.05, 3.63) is 55.9 Å². The number of rotatable bonds is 5. The molecule has 0 amide bonds. The Hall–Kier alpha value is -0.990. The van der Waals surface area contributed by atoms with Crippen LogP contribution in [0, 0.1) is 0 Å². The number of carboxylic acids is 1. The minimum atomic E-state index is -4.30. The maximum absolute atomic E-state index is 12.9. The van der Waals surface area contributed by atoms with Gasteiger partial charge >= 0.3 is 5.97 Å². The highest BCUT2D eigenvalue weighted by molar-refractivity contribution is 9.10. The molecule has 0 aromatic heterocycles. The van der Waals surface area contributed by atoms with Crippen LogP contribution in [0.25, 0.3) is 0 Å². The van der Waals surface area contributed by atoms with Gasteiger partial charge in [0.25, 0.3) is 10.0 Å². The fourth-order valence-corrected chi connectivity index (χ4v) is 4.90. The van der Waals surface area contributed by atoms with E-state index in [1.807, 2.05) is 0 Å². The molecular formula is C14H9BrCl3NO4S. The van der Waals surface area contributed by atoms with Gasteiger partial charge in [-0.2, -0.15) is 0 Å². The van der Waals surface area contributed by atoms with Crippen LogP contribution in [0.4, 0.5) is 5.69 Å². The minimum Gasteiger partial charge on any atom is -0.480 e. The first kappa shape index (κ1) is 19.3. The number of nitrogens with zero attached hydrogens (tertiary/aromatic N) is 1. The van der Waals surface area contributed by atoms with Crippen molar-refractivity contribution in [2.75, 3.05) is 10.8 Å². The molecule has 0 spiro atoms. The molecule has 0 saturated heterocycles. The van der Waals surface area contributed by atoms with Crippen LogP contribution in [0.2, 0.25) is 15.1 Å². The van der Waals surface area contributed by atoms with Crippen LogP contribution in [0.1, 0.15) is 0 Å². The highest BCUT2D eigenvalue weighted by Gasteiger charge is 2.30. The van der Waals surface area contributed by atoms with Crippen molar-refractivity contribution < 1.29 is 18.3 Å². The Morgan fingerprint density at radius 1 is 1.08 bits per heavy atom. The van der Waals surface area contributed by atoms with Crippen LogP contribution in [-0.2, 0) is 14.8 Å². The molecule has 2 rings (SSSR count). The second kappa shape index (κ2) is 7.49. The first-order valence-corrected chi connectivity index (χ1v) is 9.64. The van der Waals surface area contributed by atoms with Gasteiger partial charge in [-0.05, 0) is 36.4 Å². The van der Waals surface area contributed by atoms with Crippen LogP contribution >= 0.6 is 50.7 Å². The van der Waals surface area contributed by atoms with Crippen LogP contribution in [0.15, 0.2) is 45.8 Å². The van der Waals surface area contributed by atoms with Crippen molar-refractivity contribution in [3.8, 4) is 0 Å². The zero-order valence-electron chi connectivity index (χ0n) is 11.7. The second-order valence-corrected chi connectivity index (χ2v) is 8.57. The predicted molar refractivity (Wildman–Crippen MR) is 97.8 cm³/mol. The summed E-state index contributed by atoms with van der Waals surface area (Å²) in [5.74, 6) is -1.35. The lowest BCUT2D eigenvalue weighted by Gasteiger charge is -2.24. The molecule has 0 aliphatic heterocycles. The monoisotopic (exact) mass is 471 g/mol. The van der Waals surface area contributed by atoms with Gasteiger partial charge < -0.3 is 5.11 Å². The number of carboxylic acid groups (broad SMARTS) is 1. The van der Waals surface area contributed by atoms with E-state index in [-0.39, 0.29) is 25.7 Å². The van der Waals surface area contributed by atoms with Crippen molar-refractivity contribution in [3.63, 3.8) is 0 Å². The van der Waals surface area contributed by atoms with Gasteiger partial charge in [0.1, 0.15) is 11.4 Å². The average molecular weight is 474 g/mol. The van der Waals surface area contributed by atoms with Gasteiger partial charge in [-0.15, -0.1) is 0 Å². The maximum Gasteiger partial charge on any atom is 0.324 e. The molecule has 0 aliphatic carbocycles. The van der Waals surface area contributed by atoms with E-state index < -0.39 is 22.5 Å². The van der Waals surface area contributed by atoms with Gasteiger partial charge in [0.15, 0.2) is 0 Å². The van der Waals surface area contributed by atoms with Gasteiger partial charge in [0, 0.05) is 9.50 Å². The molecule has 0 fully saturated rings. The van der Waals surface area contributed by atoms with E-state index >= 15 is 0 Å². The summed E-state index contributed by atoms with van der Waals surface area (Å²) in [5, 5.41) is 9.24. The highest BCUT2D eigenvalue weighted by Crippen LogP contribution is 2.35. The van der Waals surface area contributed by atoms with Crippen LogP contribution in [0.3, 0.4) is 0 Å². The number of aliphatic carboxylic acids is 1. The number of hydrogen-bond donors (Lipinski definition) is 1. The molecule has 10 heteroatoms. The summed E-state index contributed by atoms with van der Waals surface area (Å²) in [6, 6.07) is 8.30. The Bertz CT molecular complexity index is 905. The minimum absolute atomic E-state index is 0.0123. The summed E-state index contributed by atoms with van der Waals surface area (Å²) in [6.45, 7) is -0.827. The van der Waals surface area contributed by atoms with E-state index in [9.17, 15) is 13.2 Å². The largest absolute Gasteiger partial charge is 0.480 e. The summed E-state index contributed by atoms with van der Waals surface area (Å²) >= 11 is 21.1. The van der Waals surface area contributed by atoms with E-state index in [0.29, 0.717) is 8.78 Å². The highest BCUT2D eigenvalue weighted by atomic mass is 79.9. The number of sulfonamides is 1. The second-order valence-electron chi connectivity index (χ2n) is 4.58. The van der Waals surface area contributed by atoms with E-state index in [1.165, 1.54) is 24.3 Å². The lowest BCUT2D eigenvalue weighted by molar-refractivity contribution is -0.135. The number of anilines is 1. The third kappa shape index (κ3) is 4.15. The van der Waals surface area contributed by atoms with Gasteiger partial charge in [0.05, 0.1) is 15.7 Å². The molecule has 0 bridgehead atoms. The average Bonchev–Trinajstić information content (AvgIpc) is 2.47. The predicted octanol–water partition coefficient (Wildman–Crippen LogP) is 4.69. The van der Waals surface area contributed by atoms with Crippen molar-refractivity contribution in [2.45, 2.75) is 4.90 Å². The number of hydrogen-bond acceptors (Lipinski definition) is 3. The number of halogens is 4. The Morgan fingerprint density at radius 2 is 1.75 bits per heavy atom. The van der Waals surface area contributed by atoms with Crippen molar-refractivity contribution >= 4 is 72.4 Å². The summed E-state index contributed by atoms with van der Waals surface area (Å²) < 4.78 is 27.1. The molecular weight excluding hydrogens is 464 g/mol. The molecule has 1 N–H and O–H groups in total. The molecule has 5 nitrogen and oxygen atoms in total. The summed E-state index contributed by atoms with van der Waals surface area (Å²) in [6.07, 6.45) is 0. The lowest BCUT2D eigenvalue weighted by atomic mass is 10.3. The van der Waals surface area contributed by atoms with Crippen LogP contribution in [-0.4, -0.2) is 26.0 Å². The Labute approximate surface area is 161 Å². The maximum atomic E-state index is 12.9. The van der Waals surface area contributed by atoms with Gasteiger partial charge in [-0.3, -0.25) is 9.10 Å². The summed E-state index contributed by atoms with van der Waals surface area (Å²) in [7, 11) is -4.30. The third-order valence-electron chi connectivity index (χ3n) is 2.92. The van der Waals surface area contributed by atoms with E-state index in [0.717, 1.165) is 6.07 Å². The summed E-state index contributed by atoms with van der Waals surface area (Å²) in [5.41, 5.74) is 0.0123. The first-order chi connectivity index (χ1) is 11.1. The standard InChI is InChI=1S/C14H9BrCl3NO4S/c15-8-1-4-12(11(18)5-8)19(7-14(20)21)24(22,23)13-6-9(16)2-3-10(13)17/h1-6H,7H2,(H,20,21). The Morgan fingerprint density at radius 3 is 2.33 bits per heavy atom. The molecule has 24 heavy (non-hydrogen) atoms. The summed E-state index contributed by atoms with van der Waals surface area (Å²) in [4.78, 5) is 10.9. The van der Waals surface area contributed by atoms with Crippen LogP contribution in [0.5, 0.6) is 0 Å². The molecule has 0 unspecified atom stereocenters. The van der Waals surface area contributed by atoms with E-state index in [2.05, 4.69) is 15.9 Å².